The monoisotopic (exact) mass is 470 g/mol. The molecule has 0 saturated carbocycles. The molecule has 0 bridgehead atoms. The van der Waals surface area contributed by atoms with Gasteiger partial charge in [-0.3, -0.25) is 14.9 Å². The van der Waals surface area contributed by atoms with E-state index in [0.29, 0.717) is 10.6 Å². The zero-order valence-corrected chi connectivity index (χ0v) is 18.0. The summed E-state index contributed by atoms with van der Waals surface area (Å²) in [5.74, 6) is 4.00. The van der Waals surface area contributed by atoms with Gasteiger partial charge in [0.25, 0.3) is 11.8 Å². The number of carbonyl (C=O) groups is 1. The van der Waals surface area contributed by atoms with E-state index < -0.39 is 37.7 Å². The van der Waals surface area contributed by atoms with Crippen LogP contribution in [-0.2, 0) is 16.3 Å². The lowest BCUT2D eigenvalue weighted by molar-refractivity contribution is -0.419. The minimum absolute atomic E-state index is 0.0653. The number of nitro groups is 1. The van der Waals surface area contributed by atoms with Crippen molar-refractivity contribution < 1.29 is 22.9 Å². The number of aliphatic imine (C=N–C) groups is 1. The van der Waals surface area contributed by atoms with Crippen LogP contribution in [0.4, 0.5) is 0 Å². The number of hydrogen-bond acceptors (Lipinski definition) is 10. The molecule has 0 radical (unpaired) electrons. The number of nitrogens with zero attached hydrogens (tertiary/aromatic N) is 4. The number of rotatable bonds is 7. The molecule has 170 valence electrons. The normalized spacial score (nSPS) is 16.1. The van der Waals surface area contributed by atoms with Gasteiger partial charge in [-0.2, -0.15) is 5.26 Å². The fourth-order valence-corrected chi connectivity index (χ4v) is 3.92. The van der Waals surface area contributed by atoms with E-state index in [2.05, 4.69) is 4.99 Å². The Morgan fingerprint density at radius 3 is 2.52 bits per heavy atom. The topological polar surface area (TPSA) is 195 Å². The summed E-state index contributed by atoms with van der Waals surface area (Å²) in [6, 6.07) is 14.0. The van der Waals surface area contributed by atoms with E-state index in [0.717, 1.165) is 12.3 Å². The Morgan fingerprint density at radius 1 is 1.30 bits per heavy atom. The van der Waals surface area contributed by atoms with E-state index in [1.807, 2.05) is 6.07 Å². The van der Waals surface area contributed by atoms with Crippen LogP contribution >= 0.6 is 0 Å². The lowest BCUT2D eigenvalue weighted by Gasteiger charge is -2.30. The third kappa shape index (κ3) is 4.97. The zero-order chi connectivity index (χ0) is 24.3. The van der Waals surface area contributed by atoms with Gasteiger partial charge in [0.15, 0.2) is 9.84 Å². The molecule has 1 aliphatic heterocycles. The summed E-state index contributed by atoms with van der Waals surface area (Å²) in [7, 11) is -3.98. The number of nitrogens with two attached hydrogens (primary N) is 2. The van der Waals surface area contributed by atoms with Crippen molar-refractivity contribution in [3.05, 3.63) is 86.9 Å². The van der Waals surface area contributed by atoms with Crippen molar-refractivity contribution in [2.24, 2.45) is 16.6 Å². The zero-order valence-electron chi connectivity index (χ0n) is 17.2. The smallest absolute Gasteiger partial charge is 0.351 e. The summed E-state index contributed by atoms with van der Waals surface area (Å²) in [5.41, 5.74) is 3.22. The highest BCUT2D eigenvalue weighted by molar-refractivity contribution is 7.91. The quantitative estimate of drug-likeness (QED) is 0.332. The molecule has 12 nitrogen and oxygen atoms in total. The summed E-state index contributed by atoms with van der Waals surface area (Å²) >= 11 is 0. The molecular weight excluding hydrogens is 452 g/mol. The molecular formula is C20H18N6O6S. The summed E-state index contributed by atoms with van der Waals surface area (Å²) in [5, 5.41) is 21.7. The lowest BCUT2D eigenvalue weighted by atomic mass is 10.1. The van der Waals surface area contributed by atoms with Gasteiger partial charge in [-0.1, -0.05) is 30.3 Å². The molecule has 1 atom stereocenters. The summed E-state index contributed by atoms with van der Waals surface area (Å²) in [4.78, 5) is 27.1. The van der Waals surface area contributed by atoms with Crippen LogP contribution in [0.3, 0.4) is 0 Å². The van der Waals surface area contributed by atoms with E-state index in [9.17, 15) is 23.3 Å². The first-order valence-corrected chi connectivity index (χ1v) is 11.2. The molecule has 2 aromatic rings. The van der Waals surface area contributed by atoms with Crippen molar-refractivity contribution in [2.75, 3.05) is 6.26 Å². The van der Waals surface area contributed by atoms with Crippen LogP contribution in [-0.4, -0.2) is 41.7 Å². The van der Waals surface area contributed by atoms with Crippen LogP contribution in [0.25, 0.3) is 0 Å². The molecule has 0 aliphatic carbocycles. The van der Waals surface area contributed by atoms with E-state index in [1.54, 1.807) is 30.3 Å². The van der Waals surface area contributed by atoms with Crippen LogP contribution in [0.1, 0.15) is 21.5 Å². The van der Waals surface area contributed by atoms with Crippen molar-refractivity contribution in [1.82, 2.24) is 5.01 Å². The fraction of sp³-hybridized carbons (Fsp3) is 0.150. The Labute approximate surface area is 188 Å². The molecule has 0 fully saturated rings. The van der Waals surface area contributed by atoms with Crippen LogP contribution in [0, 0.1) is 21.4 Å². The molecule has 1 amide bonds. The third-order valence-corrected chi connectivity index (χ3v) is 5.68. The standard InChI is InChI=1S/C20H18N6O6S/c1-33(30,31)20-24-15(9-12-5-3-2-4-6-12)17(26(28)29)19(25(20)23)32-16-10-13(11-21)7-8-14(16)18(22)27/h2-8,10,20H,9,23H2,1H3,(H2,22,27). The molecule has 1 heterocycles. The molecule has 33 heavy (non-hydrogen) atoms. The van der Waals surface area contributed by atoms with Crippen LogP contribution in [0.15, 0.2) is 65.1 Å². The Hall–Kier alpha value is -4.28. The summed E-state index contributed by atoms with van der Waals surface area (Å²) < 4.78 is 30.3. The molecule has 2 aromatic carbocycles. The molecule has 0 aromatic heterocycles. The highest BCUT2D eigenvalue weighted by Crippen LogP contribution is 2.29. The second-order valence-corrected chi connectivity index (χ2v) is 9.08. The minimum Gasteiger partial charge on any atom is -0.433 e. The number of hydrogen-bond donors (Lipinski definition) is 2. The van der Waals surface area contributed by atoms with Crippen molar-refractivity contribution in [1.29, 1.82) is 5.26 Å². The fourth-order valence-electron chi connectivity index (χ4n) is 3.09. The predicted molar refractivity (Wildman–Crippen MR) is 117 cm³/mol. The van der Waals surface area contributed by atoms with Gasteiger partial charge in [-0.05, 0) is 23.8 Å². The van der Waals surface area contributed by atoms with Gasteiger partial charge in [0.05, 0.1) is 22.1 Å². The first kappa shape index (κ1) is 23.4. The number of ether oxygens (including phenoxy) is 1. The minimum atomic E-state index is -3.98. The molecule has 3 rings (SSSR count). The number of nitriles is 1. The Balaban J connectivity index is 2.22. The number of primary amides is 1. The Bertz CT molecular complexity index is 1330. The van der Waals surface area contributed by atoms with Gasteiger partial charge in [0.1, 0.15) is 11.5 Å². The molecule has 1 aliphatic rings. The highest BCUT2D eigenvalue weighted by atomic mass is 32.2. The number of benzene rings is 2. The molecule has 0 saturated heterocycles. The van der Waals surface area contributed by atoms with Crippen molar-refractivity contribution in [2.45, 2.75) is 11.9 Å². The number of sulfone groups is 1. The van der Waals surface area contributed by atoms with Gasteiger partial charge >= 0.3 is 5.70 Å². The second kappa shape index (κ2) is 9.07. The summed E-state index contributed by atoms with van der Waals surface area (Å²) in [6.45, 7) is 0. The van der Waals surface area contributed by atoms with Gasteiger partial charge in [0.2, 0.25) is 5.50 Å². The van der Waals surface area contributed by atoms with Crippen molar-refractivity contribution in [3.8, 4) is 11.8 Å². The lowest BCUT2D eigenvalue weighted by Crippen LogP contribution is -2.50. The van der Waals surface area contributed by atoms with E-state index in [4.69, 9.17) is 21.6 Å². The van der Waals surface area contributed by atoms with E-state index >= 15 is 0 Å². The first-order valence-electron chi connectivity index (χ1n) is 9.27. The third-order valence-electron chi connectivity index (χ3n) is 4.58. The van der Waals surface area contributed by atoms with Crippen molar-refractivity contribution >= 4 is 21.5 Å². The van der Waals surface area contributed by atoms with Crippen LogP contribution in [0.2, 0.25) is 0 Å². The second-order valence-electron chi connectivity index (χ2n) is 7.00. The number of amides is 1. The predicted octanol–water partition coefficient (Wildman–Crippen LogP) is 0.683. The van der Waals surface area contributed by atoms with E-state index in [1.165, 1.54) is 12.1 Å². The van der Waals surface area contributed by atoms with Crippen LogP contribution < -0.4 is 16.3 Å². The number of hydrazine groups is 1. The molecule has 1 unspecified atom stereocenters. The van der Waals surface area contributed by atoms with E-state index in [-0.39, 0.29) is 29.0 Å². The van der Waals surface area contributed by atoms with Gasteiger partial charge in [-0.25, -0.2) is 24.3 Å². The average Bonchev–Trinajstić information content (AvgIpc) is 2.75. The first-order chi connectivity index (χ1) is 15.5. The van der Waals surface area contributed by atoms with Crippen LogP contribution in [0.5, 0.6) is 5.75 Å². The number of carbonyl (C=O) groups excluding carboxylic acids is 1. The highest BCUT2D eigenvalue weighted by Gasteiger charge is 2.42. The average molecular weight is 470 g/mol. The van der Waals surface area contributed by atoms with Crippen molar-refractivity contribution in [3.63, 3.8) is 0 Å². The molecule has 13 heteroatoms. The van der Waals surface area contributed by atoms with Gasteiger partial charge < -0.3 is 10.5 Å². The summed E-state index contributed by atoms with van der Waals surface area (Å²) in [6.07, 6.45) is 0.770. The SMILES string of the molecule is CS(=O)(=O)C1N=C(Cc2ccccc2)C([N+](=O)[O-])=C(Oc2cc(C#N)ccc2C(N)=O)N1N. The molecule has 4 N–H and O–H groups in total. The Kier molecular flexibility index (Phi) is 6.43. The van der Waals surface area contributed by atoms with Gasteiger partial charge in [-0.15, -0.1) is 0 Å². The van der Waals surface area contributed by atoms with Gasteiger partial charge in [0, 0.05) is 12.7 Å². The molecule has 0 spiro atoms. The Morgan fingerprint density at radius 2 is 1.97 bits per heavy atom. The largest absolute Gasteiger partial charge is 0.433 e. The maximum Gasteiger partial charge on any atom is 0.351 e. The maximum absolute atomic E-state index is 12.4. The number of allylic oxidation sites excluding steroid dienone is 1. The maximum atomic E-state index is 12.4.